The van der Waals surface area contributed by atoms with E-state index < -0.39 is 23.9 Å². The molecule has 0 spiro atoms. The number of carbonyl (C=O) groups is 1. The SMILES string of the molecule is CC(C)(C)OC(=O)N1C[C@H](F)C[C@H]1c1nc(CCCc2ccccc2)no1. The fraction of sp³-hybridized carbons (Fsp3) is 0.550. The van der Waals surface area contributed by atoms with E-state index in [1.807, 2.05) is 18.2 Å². The van der Waals surface area contributed by atoms with E-state index in [1.165, 1.54) is 10.5 Å². The van der Waals surface area contributed by atoms with Gasteiger partial charge in [0, 0.05) is 12.8 Å². The molecule has 1 amide bonds. The number of alkyl halides is 1. The standard InChI is InChI=1S/C20H26FN3O3/c1-20(2,3)26-19(25)24-13-15(21)12-16(24)18-22-17(23-27-18)11-7-10-14-8-5-4-6-9-14/h4-6,8-9,15-16H,7,10-13H2,1-3H3/t15-,16+/m1/s1. The highest BCUT2D eigenvalue weighted by atomic mass is 19.1. The van der Waals surface area contributed by atoms with Gasteiger partial charge in [-0.25, -0.2) is 9.18 Å². The van der Waals surface area contributed by atoms with Crippen molar-refractivity contribution < 1.29 is 18.4 Å². The van der Waals surface area contributed by atoms with Crippen LogP contribution in [0.2, 0.25) is 0 Å². The van der Waals surface area contributed by atoms with Gasteiger partial charge < -0.3 is 9.26 Å². The second kappa shape index (κ2) is 8.06. The average Bonchev–Trinajstić information content (AvgIpc) is 3.21. The molecular weight excluding hydrogens is 349 g/mol. The highest BCUT2D eigenvalue weighted by Crippen LogP contribution is 2.34. The minimum absolute atomic E-state index is 0.0225. The van der Waals surface area contributed by atoms with Crippen molar-refractivity contribution in [3.05, 3.63) is 47.6 Å². The van der Waals surface area contributed by atoms with Gasteiger partial charge >= 0.3 is 6.09 Å². The molecule has 2 aromatic rings. The summed E-state index contributed by atoms with van der Waals surface area (Å²) in [6.07, 6.45) is 0.925. The first-order chi connectivity index (χ1) is 12.8. The molecule has 0 saturated carbocycles. The molecular formula is C20H26FN3O3. The van der Waals surface area contributed by atoms with Crippen LogP contribution in [0.25, 0.3) is 0 Å². The minimum Gasteiger partial charge on any atom is -0.444 e. The normalized spacial score (nSPS) is 20.1. The third-order valence-corrected chi connectivity index (χ3v) is 4.36. The maximum absolute atomic E-state index is 14.0. The number of hydrogen-bond acceptors (Lipinski definition) is 5. The highest BCUT2D eigenvalue weighted by molar-refractivity contribution is 5.69. The molecule has 2 heterocycles. The zero-order valence-electron chi connectivity index (χ0n) is 16.0. The fourth-order valence-corrected chi connectivity index (χ4v) is 3.14. The van der Waals surface area contributed by atoms with E-state index in [9.17, 15) is 9.18 Å². The summed E-state index contributed by atoms with van der Waals surface area (Å²) >= 11 is 0. The number of amides is 1. The van der Waals surface area contributed by atoms with Crippen LogP contribution in [-0.2, 0) is 17.6 Å². The lowest BCUT2D eigenvalue weighted by molar-refractivity contribution is 0.0192. The monoisotopic (exact) mass is 375 g/mol. The lowest BCUT2D eigenvalue weighted by Crippen LogP contribution is -2.37. The number of benzene rings is 1. The number of halogens is 1. The maximum Gasteiger partial charge on any atom is 0.411 e. The molecule has 27 heavy (non-hydrogen) atoms. The molecule has 146 valence electrons. The van der Waals surface area contributed by atoms with Gasteiger partial charge in [0.05, 0.1) is 6.54 Å². The molecule has 0 bridgehead atoms. The Bertz CT molecular complexity index is 757. The predicted octanol–water partition coefficient (Wildman–Crippen LogP) is 4.26. The smallest absolute Gasteiger partial charge is 0.411 e. The summed E-state index contributed by atoms with van der Waals surface area (Å²) in [7, 11) is 0. The van der Waals surface area contributed by atoms with E-state index in [2.05, 4.69) is 22.3 Å². The average molecular weight is 375 g/mol. The first-order valence-corrected chi connectivity index (χ1v) is 9.32. The molecule has 0 N–H and O–H groups in total. The Morgan fingerprint density at radius 1 is 1.30 bits per heavy atom. The molecule has 1 saturated heterocycles. The summed E-state index contributed by atoms with van der Waals surface area (Å²) in [5, 5.41) is 4.00. The van der Waals surface area contributed by atoms with Crippen molar-refractivity contribution >= 4 is 6.09 Å². The van der Waals surface area contributed by atoms with Crippen LogP contribution in [0.4, 0.5) is 9.18 Å². The van der Waals surface area contributed by atoms with Gasteiger partial charge in [-0.3, -0.25) is 4.90 Å². The van der Waals surface area contributed by atoms with Crippen LogP contribution >= 0.6 is 0 Å². The van der Waals surface area contributed by atoms with E-state index >= 15 is 0 Å². The molecule has 3 rings (SSSR count). The summed E-state index contributed by atoms with van der Waals surface area (Å²) in [5.74, 6) is 0.850. The topological polar surface area (TPSA) is 68.5 Å². The number of likely N-dealkylation sites (tertiary alicyclic amines) is 1. The van der Waals surface area contributed by atoms with Crippen molar-refractivity contribution in [2.45, 2.75) is 64.3 Å². The van der Waals surface area contributed by atoms with Crippen molar-refractivity contribution in [1.29, 1.82) is 0 Å². The van der Waals surface area contributed by atoms with Crippen molar-refractivity contribution in [3.63, 3.8) is 0 Å². The number of aromatic nitrogens is 2. The van der Waals surface area contributed by atoms with E-state index in [0.29, 0.717) is 12.2 Å². The van der Waals surface area contributed by atoms with Gasteiger partial charge in [-0.05, 0) is 39.2 Å². The summed E-state index contributed by atoms with van der Waals surface area (Å²) in [4.78, 5) is 18.1. The Kier molecular flexibility index (Phi) is 5.77. The highest BCUT2D eigenvalue weighted by Gasteiger charge is 2.41. The van der Waals surface area contributed by atoms with E-state index in [0.717, 1.165) is 12.8 Å². The number of aryl methyl sites for hydroxylation is 2. The van der Waals surface area contributed by atoms with E-state index in [4.69, 9.17) is 9.26 Å². The minimum atomic E-state index is -1.13. The molecule has 1 fully saturated rings. The second-order valence-electron chi connectivity index (χ2n) is 7.87. The quantitative estimate of drug-likeness (QED) is 0.781. The summed E-state index contributed by atoms with van der Waals surface area (Å²) in [5.41, 5.74) is 0.612. The first kappa shape index (κ1) is 19.3. The van der Waals surface area contributed by atoms with Gasteiger partial charge in [0.1, 0.15) is 17.8 Å². The third-order valence-electron chi connectivity index (χ3n) is 4.36. The molecule has 1 aromatic heterocycles. The van der Waals surface area contributed by atoms with Crippen LogP contribution in [0, 0.1) is 0 Å². The molecule has 1 aliphatic rings. The zero-order chi connectivity index (χ0) is 19.4. The summed E-state index contributed by atoms with van der Waals surface area (Å²) in [6.45, 7) is 5.31. The molecule has 0 unspecified atom stereocenters. The first-order valence-electron chi connectivity index (χ1n) is 9.32. The van der Waals surface area contributed by atoms with Crippen LogP contribution < -0.4 is 0 Å². The largest absolute Gasteiger partial charge is 0.444 e. The molecule has 1 aliphatic heterocycles. The van der Waals surface area contributed by atoms with Crippen LogP contribution in [-0.4, -0.2) is 39.5 Å². The molecule has 6 nitrogen and oxygen atoms in total. The summed E-state index contributed by atoms with van der Waals surface area (Å²) in [6, 6.07) is 9.61. The molecule has 7 heteroatoms. The van der Waals surface area contributed by atoms with E-state index in [1.54, 1.807) is 20.8 Å². The van der Waals surface area contributed by atoms with Crippen LogP contribution in [0.5, 0.6) is 0 Å². The number of hydrogen-bond donors (Lipinski definition) is 0. The van der Waals surface area contributed by atoms with Crippen molar-refractivity contribution in [3.8, 4) is 0 Å². The Balaban J connectivity index is 1.60. The fourth-order valence-electron chi connectivity index (χ4n) is 3.14. The van der Waals surface area contributed by atoms with Crippen molar-refractivity contribution in [2.75, 3.05) is 6.54 Å². The van der Waals surface area contributed by atoms with Gasteiger partial charge in [-0.2, -0.15) is 4.98 Å². The van der Waals surface area contributed by atoms with Crippen LogP contribution in [0.1, 0.15) is 56.9 Å². The van der Waals surface area contributed by atoms with Crippen molar-refractivity contribution in [1.82, 2.24) is 15.0 Å². The molecule has 2 atom stereocenters. The molecule has 0 radical (unpaired) electrons. The Hall–Kier alpha value is -2.44. The van der Waals surface area contributed by atoms with Gasteiger partial charge in [-0.1, -0.05) is 35.5 Å². The Labute approximate surface area is 158 Å². The van der Waals surface area contributed by atoms with E-state index in [-0.39, 0.29) is 18.9 Å². The Morgan fingerprint density at radius 3 is 2.74 bits per heavy atom. The van der Waals surface area contributed by atoms with Gasteiger partial charge in [-0.15, -0.1) is 0 Å². The summed E-state index contributed by atoms with van der Waals surface area (Å²) < 4.78 is 24.7. The number of ether oxygens (including phenoxy) is 1. The van der Waals surface area contributed by atoms with Gasteiger partial charge in [0.2, 0.25) is 5.89 Å². The second-order valence-corrected chi connectivity index (χ2v) is 7.87. The zero-order valence-corrected chi connectivity index (χ0v) is 16.0. The van der Waals surface area contributed by atoms with Gasteiger partial charge in [0.15, 0.2) is 5.82 Å². The predicted molar refractivity (Wildman–Crippen MR) is 98.0 cm³/mol. The lowest BCUT2D eigenvalue weighted by Gasteiger charge is -2.26. The van der Waals surface area contributed by atoms with Crippen molar-refractivity contribution in [2.24, 2.45) is 0 Å². The molecule has 1 aromatic carbocycles. The Morgan fingerprint density at radius 2 is 2.04 bits per heavy atom. The van der Waals surface area contributed by atoms with Crippen LogP contribution in [0.15, 0.2) is 34.9 Å². The van der Waals surface area contributed by atoms with Gasteiger partial charge in [0.25, 0.3) is 0 Å². The number of carbonyl (C=O) groups excluding carboxylic acids is 1. The molecule has 0 aliphatic carbocycles. The number of rotatable bonds is 5. The lowest BCUT2D eigenvalue weighted by atomic mass is 10.1. The number of nitrogens with zero attached hydrogens (tertiary/aromatic N) is 3. The maximum atomic E-state index is 14.0. The van der Waals surface area contributed by atoms with Crippen LogP contribution in [0.3, 0.4) is 0 Å². The third kappa shape index (κ3) is 5.28.